The number of amides is 2. The summed E-state index contributed by atoms with van der Waals surface area (Å²) in [5.41, 5.74) is 6.91. The molecule has 1 aromatic rings. The Labute approximate surface area is 143 Å². The van der Waals surface area contributed by atoms with E-state index in [4.69, 9.17) is 5.73 Å². The lowest BCUT2D eigenvalue weighted by Gasteiger charge is -2.19. The molecule has 1 saturated carbocycles. The third-order valence-corrected chi connectivity index (χ3v) is 3.72. The zero-order chi connectivity index (χ0) is 16.1. The summed E-state index contributed by atoms with van der Waals surface area (Å²) >= 11 is 0. The Balaban J connectivity index is 0.00000264. The molecule has 0 heterocycles. The van der Waals surface area contributed by atoms with Crippen molar-refractivity contribution in [2.24, 2.45) is 17.6 Å². The minimum Gasteiger partial charge on any atom is -0.348 e. The molecule has 128 valence electrons. The average Bonchev–Trinajstić information content (AvgIpc) is 3.30. The normalized spacial score (nSPS) is 14.8. The minimum atomic E-state index is -0.154. The van der Waals surface area contributed by atoms with Gasteiger partial charge in [0.25, 0.3) is 5.91 Å². The van der Waals surface area contributed by atoms with Crippen LogP contribution in [0.1, 0.15) is 43.5 Å². The number of carbonyl (C=O) groups is 2. The van der Waals surface area contributed by atoms with E-state index in [0.717, 1.165) is 19.3 Å². The summed E-state index contributed by atoms with van der Waals surface area (Å²) in [4.78, 5) is 24.1. The SMILES string of the molecule is CC(C)CC(CN)NC(=O)c1cccc(NC(=O)C2CC2)c1.Cl. The van der Waals surface area contributed by atoms with E-state index in [2.05, 4.69) is 24.5 Å². The van der Waals surface area contributed by atoms with Crippen LogP contribution in [0.4, 0.5) is 5.69 Å². The Morgan fingerprint density at radius 1 is 1.30 bits per heavy atom. The van der Waals surface area contributed by atoms with Crippen LogP contribution in [0.25, 0.3) is 0 Å². The van der Waals surface area contributed by atoms with Crippen LogP contribution in [-0.2, 0) is 4.79 Å². The first-order valence-corrected chi connectivity index (χ1v) is 7.91. The van der Waals surface area contributed by atoms with Gasteiger partial charge in [-0.05, 0) is 43.4 Å². The zero-order valence-corrected chi connectivity index (χ0v) is 14.5. The standard InChI is InChI=1S/C17H25N3O2.ClH/c1-11(2)8-15(10-18)20-17(22)13-4-3-5-14(9-13)19-16(21)12-6-7-12;/h3-5,9,11-12,15H,6-8,10,18H2,1-2H3,(H,19,21)(H,20,22);1H. The molecule has 1 fully saturated rings. The maximum absolute atomic E-state index is 12.3. The maximum Gasteiger partial charge on any atom is 0.251 e. The number of halogens is 1. The second-order valence-corrected chi connectivity index (χ2v) is 6.38. The maximum atomic E-state index is 12.3. The van der Waals surface area contributed by atoms with Crippen molar-refractivity contribution in [2.45, 2.75) is 39.2 Å². The fraction of sp³-hybridized carbons (Fsp3) is 0.529. The number of anilines is 1. The Hall–Kier alpha value is -1.59. The van der Waals surface area contributed by atoms with E-state index in [1.54, 1.807) is 24.3 Å². The predicted molar refractivity (Wildman–Crippen MR) is 94.8 cm³/mol. The van der Waals surface area contributed by atoms with Crippen molar-refractivity contribution in [1.29, 1.82) is 0 Å². The highest BCUT2D eigenvalue weighted by Crippen LogP contribution is 2.30. The molecular formula is C17H26ClN3O2. The fourth-order valence-corrected chi connectivity index (χ4v) is 2.38. The largest absolute Gasteiger partial charge is 0.348 e. The number of benzene rings is 1. The average molecular weight is 340 g/mol. The quantitative estimate of drug-likeness (QED) is 0.713. The van der Waals surface area contributed by atoms with Gasteiger partial charge in [0.15, 0.2) is 0 Å². The first-order valence-electron chi connectivity index (χ1n) is 7.91. The molecular weight excluding hydrogens is 314 g/mol. The van der Waals surface area contributed by atoms with Crippen molar-refractivity contribution in [1.82, 2.24) is 5.32 Å². The Morgan fingerprint density at radius 3 is 2.57 bits per heavy atom. The zero-order valence-electron chi connectivity index (χ0n) is 13.7. The van der Waals surface area contributed by atoms with E-state index in [0.29, 0.717) is 23.7 Å². The summed E-state index contributed by atoms with van der Waals surface area (Å²) in [7, 11) is 0. The number of nitrogens with one attached hydrogen (secondary N) is 2. The van der Waals surface area contributed by atoms with Crippen molar-refractivity contribution in [3.8, 4) is 0 Å². The van der Waals surface area contributed by atoms with Crippen LogP contribution in [0.5, 0.6) is 0 Å². The van der Waals surface area contributed by atoms with E-state index >= 15 is 0 Å². The lowest BCUT2D eigenvalue weighted by molar-refractivity contribution is -0.117. The molecule has 0 spiro atoms. The van der Waals surface area contributed by atoms with Gasteiger partial charge >= 0.3 is 0 Å². The van der Waals surface area contributed by atoms with Gasteiger partial charge in [0, 0.05) is 29.8 Å². The molecule has 6 heteroatoms. The lowest BCUT2D eigenvalue weighted by Crippen LogP contribution is -2.41. The molecule has 1 aliphatic rings. The highest BCUT2D eigenvalue weighted by atomic mass is 35.5. The Bertz CT molecular complexity index is 544. The fourth-order valence-electron chi connectivity index (χ4n) is 2.38. The van der Waals surface area contributed by atoms with Crippen LogP contribution < -0.4 is 16.4 Å². The molecule has 0 radical (unpaired) electrons. The van der Waals surface area contributed by atoms with Crippen molar-refractivity contribution < 1.29 is 9.59 Å². The molecule has 1 aromatic carbocycles. The summed E-state index contributed by atoms with van der Waals surface area (Å²) < 4.78 is 0. The molecule has 1 aliphatic carbocycles. The predicted octanol–water partition coefficient (Wildman–Crippen LogP) is 2.56. The summed E-state index contributed by atoms with van der Waals surface area (Å²) in [5.74, 6) is 0.499. The van der Waals surface area contributed by atoms with Crippen molar-refractivity contribution in [3.05, 3.63) is 29.8 Å². The molecule has 5 nitrogen and oxygen atoms in total. The number of rotatable bonds is 7. The van der Waals surface area contributed by atoms with E-state index in [-0.39, 0.29) is 36.2 Å². The van der Waals surface area contributed by atoms with Gasteiger partial charge < -0.3 is 16.4 Å². The Kier molecular flexibility index (Phi) is 7.52. The number of hydrogen-bond acceptors (Lipinski definition) is 3. The van der Waals surface area contributed by atoms with Gasteiger partial charge in [0.05, 0.1) is 0 Å². The van der Waals surface area contributed by atoms with E-state index in [1.165, 1.54) is 0 Å². The van der Waals surface area contributed by atoms with Gasteiger partial charge in [0.1, 0.15) is 0 Å². The molecule has 4 N–H and O–H groups in total. The van der Waals surface area contributed by atoms with Crippen LogP contribution in [0.3, 0.4) is 0 Å². The third-order valence-electron chi connectivity index (χ3n) is 3.72. The van der Waals surface area contributed by atoms with Gasteiger partial charge in [-0.25, -0.2) is 0 Å². The van der Waals surface area contributed by atoms with Crippen LogP contribution in [-0.4, -0.2) is 24.4 Å². The van der Waals surface area contributed by atoms with Gasteiger partial charge in [-0.1, -0.05) is 19.9 Å². The number of nitrogens with two attached hydrogens (primary N) is 1. The molecule has 1 unspecified atom stereocenters. The van der Waals surface area contributed by atoms with Gasteiger partial charge in [-0.2, -0.15) is 0 Å². The van der Waals surface area contributed by atoms with E-state index in [9.17, 15) is 9.59 Å². The first kappa shape index (κ1) is 19.5. The van der Waals surface area contributed by atoms with Crippen LogP contribution in [0.2, 0.25) is 0 Å². The highest BCUT2D eigenvalue weighted by molar-refractivity contribution is 5.98. The monoisotopic (exact) mass is 339 g/mol. The number of carbonyl (C=O) groups excluding carboxylic acids is 2. The summed E-state index contributed by atoms with van der Waals surface area (Å²) in [5, 5.41) is 5.81. The lowest BCUT2D eigenvalue weighted by atomic mass is 10.0. The second-order valence-electron chi connectivity index (χ2n) is 6.38. The van der Waals surface area contributed by atoms with E-state index < -0.39 is 0 Å². The third kappa shape index (κ3) is 6.20. The van der Waals surface area contributed by atoms with Crippen LogP contribution >= 0.6 is 12.4 Å². The Morgan fingerprint density at radius 2 is 2.00 bits per heavy atom. The van der Waals surface area contributed by atoms with Crippen molar-refractivity contribution in [2.75, 3.05) is 11.9 Å². The van der Waals surface area contributed by atoms with Gasteiger partial charge in [-0.3, -0.25) is 9.59 Å². The molecule has 23 heavy (non-hydrogen) atoms. The number of hydrogen-bond donors (Lipinski definition) is 3. The molecule has 0 aromatic heterocycles. The minimum absolute atomic E-state index is 0. The molecule has 0 bridgehead atoms. The van der Waals surface area contributed by atoms with Gasteiger partial charge in [0.2, 0.25) is 5.91 Å². The van der Waals surface area contributed by atoms with Crippen molar-refractivity contribution in [3.63, 3.8) is 0 Å². The molecule has 0 saturated heterocycles. The highest BCUT2D eigenvalue weighted by Gasteiger charge is 2.29. The molecule has 2 amide bonds. The van der Waals surface area contributed by atoms with Crippen LogP contribution in [0.15, 0.2) is 24.3 Å². The molecule has 1 atom stereocenters. The first-order chi connectivity index (χ1) is 10.5. The second kappa shape index (κ2) is 8.89. The molecule has 2 rings (SSSR count). The smallest absolute Gasteiger partial charge is 0.251 e. The molecule has 0 aliphatic heterocycles. The summed E-state index contributed by atoms with van der Waals surface area (Å²) in [6, 6.07) is 6.99. The van der Waals surface area contributed by atoms with E-state index in [1.807, 2.05) is 0 Å². The summed E-state index contributed by atoms with van der Waals surface area (Å²) in [6.45, 7) is 4.62. The van der Waals surface area contributed by atoms with Crippen molar-refractivity contribution >= 4 is 29.9 Å². The van der Waals surface area contributed by atoms with Gasteiger partial charge in [-0.15, -0.1) is 12.4 Å². The van der Waals surface area contributed by atoms with Crippen LogP contribution in [0, 0.1) is 11.8 Å². The summed E-state index contributed by atoms with van der Waals surface area (Å²) in [6.07, 6.45) is 2.76. The topological polar surface area (TPSA) is 84.2 Å².